The van der Waals surface area contributed by atoms with Crippen molar-refractivity contribution in [2.45, 2.75) is 19.8 Å². The van der Waals surface area contributed by atoms with E-state index in [-0.39, 0.29) is 11.8 Å². The molecule has 0 atom stereocenters. The second kappa shape index (κ2) is 5.52. The molecule has 1 heterocycles. The molecule has 0 radical (unpaired) electrons. The summed E-state index contributed by atoms with van der Waals surface area (Å²) in [6, 6.07) is 7.18. The highest BCUT2D eigenvalue weighted by Gasteiger charge is 2.30. The van der Waals surface area contributed by atoms with Gasteiger partial charge in [0.25, 0.3) is 5.91 Å². The lowest BCUT2D eigenvalue weighted by molar-refractivity contribution is -0.140. The van der Waals surface area contributed by atoms with Gasteiger partial charge in [-0.2, -0.15) is 0 Å². The van der Waals surface area contributed by atoms with Crippen molar-refractivity contribution in [3.05, 3.63) is 34.3 Å². The Morgan fingerprint density at radius 1 is 1.17 bits per heavy atom. The van der Waals surface area contributed by atoms with Gasteiger partial charge in [0, 0.05) is 29.5 Å². The predicted molar refractivity (Wildman–Crippen MR) is 71.8 cm³/mol. The van der Waals surface area contributed by atoms with Crippen LogP contribution in [0, 0.1) is 0 Å². The van der Waals surface area contributed by atoms with Gasteiger partial charge in [0.05, 0.1) is 0 Å². The Kier molecular flexibility index (Phi) is 4.01. The molecule has 0 aliphatic carbocycles. The van der Waals surface area contributed by atoms with E-state index in [4.69, 9.17) is 0 Å². The van der Waals surface area contributed by atoms with Crippen LogP contribution in [0.25, 0.3) is 0 Å². The van der Waals surface area contributed by atoms with Crippen LogP contribution in [-0.4, -0.2) is 34.9 Å². The van der Waals surface area contributed by atoms with E-state index in [9.17, 15) is 9.59 Å². The largest absolute Gasteiger partial charge is 0.273 e. The number of hydrogen-bond donors (Lipinski definition) is 0. The number of hydrogen-bond acceptors (Lipinski definition) is 2. The molecule has 2 rings (SSSR count). The van der Waals surface area contributed by atoms with Gasteiger partial charge in [-0.1, -0.05) is 22.9 Å². The number of amides is 2. The Morgan fingerprint density at radius 2 is 1.78 bits per heavy atom. The Morgan fingerprint density at radius 3 is 2.39 bits per heavy atom. The highest BCUT2D eigenvalue weighted by atomic mass is 79.9. The Hall–Kier alpha value is -1.36. The summed E-state index contributed by atoms with van der Waals surface area (Å²) in [5.74, 6) is -0.111. The van der Waals surface area contributed by atoms with Crippen molar-refractivity contribution < 1.29 is 9.59 Å². The molecular weight excluding hydrogens is 296 g/mol. The molecule has 2 amide bonds. The molecule has 0 unspecified atom stereocenters. The van der Waals surface area contributed by atoms with E-state index in [1.807, 2.05) is 19.1 Å². The maximum Gasteiger partial charge on any atom is 0.272 e. The first kappa shape index (κ1) is 13.1. The summed E-state index contributed by atoms with van der Waals surface area (Å²) >= 11 is 3.33. The van der Waals surface area contributed by atoms with Crippen molar-refractivity contribution in [3.63, 3.8) is 0 Å². The molecular formula is C13H15BrN2O2. The minimum absolute atomic E-state index is 0.00189. The van der Waals surface area contributed by atoms with Gasteiger partial charge >= 0.3 is 0 Å². The standard InChI is InChI=1S/C13H15BrN2O2/c1-2-12(17)15-8-3-9-16(15)13(18)10-4-6-11(14)7-5-10/h4-7H,2-3,8-9H2,1H3. The van der Waals surface area contributed by atoms with E-state index in [1.165, 1.54) is 0 Å². The Labute approximate surface area is 115 Å². The van der Waals surface area contributed by atoms with Gasteiger partial charge < -0.3 is 0 Å². The second-order valence-corrected chi connectivity index (χ2v) is 5.07. The third-order valence-electron chi connectivity index (χ3n) is 2.95. The van der Waals surface area contributed by atoms with E-state index >= 15 is 0 Å². The number of halogens is 1. The summed E-state index contributed by atoms with van der Waals surface area (Å²) in [6.07, 6.45) is 1.26. The molecule has 1 fully saturated rings. The molecule has 1 aromatic rings. The van der Waals surface area contributed by atoms with Crippen LogP contribution in [-0.2, 0) is 4.79 Å². The average molecular weight is 311 g/mol. The van der Waals surface area contributed by atoms with Crippen LogP contribution in [0.4, 0.5) is 0 Å². The summed E-state index contributed by atoms with van der Waals surface area (Å²) < 4.78 is 0.932. The smallest absolute Gasteiger partial charge is 0.272 e. The van der Waals surface area contributed by atoms with Crippen molar-refractivity contribution in [1.82, 2.24) is 10.0 Å². The second-order valence-electron chi connectivity index (χ2n) is 4.16. The third kappa shape index (κ3) is 2.56. The molecule has 1 aromatic carbocycles. The average Bonchev–Trinajstić information content (AvgIpc) is 2.87. The summed E-state index contributed by atoms with van der Waals surface area (Å²) in [5, 5.41) is 3.11. The summed E-state index contributed by atoms with van der Waals surface area (Å²) in [4.78, 5) is 24.0. The fourth-order valence-corrected chi connectivity index (χ4v) is 2.27. The van der Waals surface area contributed by atoms with Crippen LogP contribution >= 0.6 is 15.9 Å². The van der Waals surface area contributed by atoms with Crippen molar-refractivity contribution in [2.24, 2.45) is 0 Å². The van der Waals surface area contributed by atoms with Crippen molar-refractivity contribution in [2.75, 3.05) is 13.1 Å². The van der Waals surface area contributed by atoms with Gasteiger partial charge in [-0.05, 0) is 30.7 Å². The minimum Gasteiger partial charge on any atom is -0.273 e. The predicted octanol–water partition coefficient (Wildman–Crippen LogP) is 2.45. The van der Waals surface area contributed by atoms with Gasteiger partial charge in [-0.15, -0.1) is 0 Å². The van der Waals surface area contributed by atoms with Gasteiger partial charge in [0.15, 0.2) is 0 Å². The zero-order valence-electron chi connectivity index (χ0n) is 10.2. The van der Waals surface area contributed by atoms with E-state index in [2.05, 4.69) is 15.9 Å². The molecule has 0 saturated carbocycles. The monoisotopic (exact) mass is 310 g/mol. The number of nitrogens with zero attached hydrogens (tertiary/aromatic N) is 2. The van der Waals surface area contributed by atoms with Crippen LogP contribution < -0.4 is 0 Å². The van der Waals surface area contributed by atoms with E-state index in [0.717, 1.165) is 10.9 Å². The van der Waals surface area contributed by atoms with Crippen molar-refractivity contribution in [3.8, 4) is 0 Å². The van der Waals surface area contributed by atoms with Crippen molar-refractivity contribution >= 4 is 27.7 Å². The molecule has 18 heavy (non-hydrogen) atoms. The van der Waals surface area contributed by atoms with E-state index in [1.54, 1.807) is 22.2 Å². The van der Waals surface area contributed by atoms with Crippen molar-refractivity contribution in [1.29, 1.82) is 0 Å². The lowest BCUT2D eigenvalue weighted by atomic mass is 10.2. The summed E-state index contributed by atoms with van der Waals surface area (Å²) in [5.41, 5.74) is 0.606. The van der Waals surface area contributed by atoms with Gasteiger partial charge in [-0.25, -0.2) is 5.01 Å². The molecule has 1 aliphatic rings. The van der Waals surface area contributed by atoms with Crippen LogP contribution in [0.15, 0.2) is 28.7 Å². The Bertz CT molecular complexity index is 459. The molecule has 4 nitrogen and oxygen atoms in total. The fourth-order valence-electron chi connectivity index (χ4n) is 2.01. The lowest BCUT2D eigenvalue weighted by Gasteiger charge is -2.27. The Balaban J connectivity index is 2.17. The summed E-state index contributed by atoms with van der Waals surface area (Å²) in [7, 11) is 0. The lowest BCUT2D eigenvalue weighted by Crippen LogP contribution is -2.44. The first-order valence-corrected chi connectivity index (χ1v) is 6.80. The number of benzene rings is 1. The number of rotatable bonds is 2. The number of carbonyl (C=O) groups excluding carboxylic acids is 2. The normalized spacial score (nSPS) is 15.0. The first-order valence-electron chi connectivity index (χ1n) is 6.01. The minimum atomic E-state index is -0.109. The number of hydrazine groups is 1. The first-order chi connectivity index (χ1) is 8.63. The molecule has 0 aromatic heterocycles. The van der Waals surface area contributed by atoms with Gasteiger partial charge in [0.2, 0.25) is 5.91 Å². The van der Waals surface area contributed by atoms with Gasteiger partial charge in [0.1, 0.15) is 0 Å². The van der Waals surface area contributed by atoms with Crippen LogP contribution in [0.3, 0.4) is 0 Å². The molecule has 0 N–H and O–H groups in total. The fraction of sp³-hybridized carbons (Fsp3) is 0.385. The zero-order chi connectivity index (χ0) is 13.1. The zero-order valence-corrected chi connectivity index (χ0v) is 11.8. The maximum atomic E-state index is 12.3. The van der Waals surface area contributed by atoms with E-state index < -0.39 is 0 Å². The summed E-state index contributed by atoms with van der Waals surface area (Å²) in [6.45, 7) is 3.05. The SMILES string of the molecule is CCC(=O)N1CCCN1C(=O)c1ccc(Br)cc1. The van der Waals surface area contributed by atoms with Crippen LogP contribution in [0.1, 0.15) is 30.1 Å². The maximum absolute atomic E-state index is 12.3. The highest BCUT2D eigenvalue weighted by molar-refractivity contribution is 9.10. The molecule has 1 saturated heterocycles. The van der Waals surface area contributed by atoms with Crippen LogP contribution in [0.2, 0.25) is 0 Å². The third-order valence-corrected chi connectivity index (χ3v) is 3.48. The quantitative estimate of drug-likeness (QED) is 0.842. The van der Waals surface area contributed by atoms with Crippen LogP contribution in [0.5, 0.6) is 0 Å². The molecule has 1 aliphatic heterocycles. The topological polar surface area (TPSA) is 40.6 Å². The van der Waals surface area contributed by atoms with Gasteiger partial charge in [-0.3, -0.25) is 14.6 Å². The highest BCUT2D eigenvalue weighted by Crippen LogP contribution is 2.17. The molecule has 96 valence electrons. The molecule has 5 heteroatoms. The molecule has 0 bridgehead atoms. The number of carbonyl (C=O) groups is 2. The molecule has 0 spiro atoms. The van der Waals surface area contributed by atoms with E-state index in [0.29, 0.717) is 25.1 Å².